The zero-order valence-corrected chi connectivity index (χ0v) is 18.6. The van der Waals surface area contributed by atoms with Crippen LogP contribution >= 0.6 is 27.5 Å². The van der Waals surface area contributed by atoms with E-state index in [9.17, 15) is 14.4 Å². The van der Waals surface area contributed by atoms with Crippen molar-refractivity contribution in [1.29, 1.82) is 0 Å². The molecule has 6 nitrogen and oxygen atoms in total. The van der Waals surface area contributed by atoms with E-state index in [1.165, 1.54) is 12.0 Å². The van der Waals surface area contributed by atoms with E-state index in [4.69, 9.17) is 16.3 Å². The van der Waals surface area contributed by atoms with Crippen molar-refractivity contribution in [3.8, 4) is 0 Å². The minimum atomic E-state index is -0.921. The molecule has 0 heterocycles. The molecule has 0 aromatic heterocycles. The zero-order chi connectivity index (χ0) is 20.7. The topological polar surface area (TPSA) is 75.7 Å². The number of esters is 1. The number of ether oxygens (including phenoxy) is 1. The van der Waals surface area contributed by atoms with Crippen molar-refractivity contribution < 1.29 is 19.1 Å². The first kappa shape index (κ1) is 23.4. The molecule has 1 rings (SSSR count). The summed E-state index contributed by atoms with van der Waals surface area (Å²) < 4.78 is 5.54. The Labute approximate surface area is 173 Å². The monoisotopic (exact) mass is 460 g/mol. The highest BCUT2D eigenvalue weighted by molar-refractivity contribution is 9.10. The second-order valence-corrected chi connectivity index (χ2v) is 8.00. The Balaban J connectivity index is 2.84. The molecular weight excluding hydrogens is 436 g/mol. The van der Waals surface area contributed by atoms with Crippen LogP contribution in [-0.4, -0.2) is 47.9 Å². The molecule has 0 fully saturated rings. The van der Waals surface area contributed by atoms with Crippen LogP contribution < -0.4 is 5.32 Å². The number of carbonyl (C=O) groups is 3. The molecule has 0 bridgehead atoms. The lowest BCUT2D eigenvalue weighted by Gasteiger charge is -2.30. The first-order valence-corrected chi connectivity index (χ1v) is 9.90. The Morgan fingerprint density at radius 3 is 2.26 bits per heavy atom. The summed E-state index contributed by atoms with van der Waals surface area (Å²) in [4.78, 5) is 38.4. The van der Waals surface area contributed by atoms with Crippen LogP contribution in [0.3, 0.4) is 0 Å². The molecule has 0 saturated heterocycles. The van der Waals surface area contributed by atoms with Crippen LogP contribution in [0.5, 0.6) is 0 Å². The number of carbonyl (C=O) groups excluding carboxylic acids is 3. The fraction of sp³-hybridized carbons (Fsp3) is 0.526. The molecule has 0 aliphatic carbocycles. The Hall–Kier alpha value is -1.60. The van der Waals surface area contributed by atoms with Crippen LogP contribution in [0.2, 0.25) is 5.02 Å². The van der Waals surface area contributed by atoms with Gasteiger partial charge in [-0.15, -0.1) is 0 Å². The Morgan fingerprint density at radius 1 is 1.19 bits per heavy atom. The SMILES string of the molecule is COC(=O)C(CCc1ccc(Br)c(Cl)c1)NC(=O)C(=O)N(C(C)C)C(C)C. The number of benzene rings is 1. The molecule has 1 unspecified atom stereocenters. The highest BCUT2D eigenvalue weighted by atomic mass is 79.9. The van der Waals surface area contributed by atoms with Gasteiger partial charge in [0.15, 0.2) is 0 Å². The van der Waals surface area contributed by atoms with Crippen molar-refractivity contribution in [3.63, 3.8) is 0 Å². The van der Waals surface area contributed by atoms with Gasteiger partial charge in [-0.1, -0.05) is 17.7 Å². The molecule has 0 saturated carbocycles. The molecule has 0 aliphatic rings. The second kappa shape index (κ2) is 10.7. The predicted molar refractivity (Wildman–Crippen MR) is 109 cm³/mol. The summed E-state index contributed by atoms with van der Waals surface area (Å²) in [7, 11) is 1.24. The molecule has 27 heavy (non-hydrogen) atoms. The van der Waals surface area contributed by atoms with Crippen LogP contribution in [-0.2, 0) is 25.5 Å². The third-order valence-corrected chi connectivity index (χ3v) is 5.27. The third-order valence-electron chi connectivity index (χ3n) is 4.04. The molecule has 0 radical (unpaired) electrons. The zero-order valence-electron chi connectivity index (χ0n) is 16.2. The van der Waals surface area contributed by atoms with Crippen LogP contribution in [0.15, 0.2) is 22.7 Å². The molecule has 1 aromatic rings. The Morgan fingerprint density at radius 2 is 1.78 bits per heavy atom. The molecule has 1 atom stereocenters. The molecule has 0 spiro atoms. The van der Waals surface area contributed by atoms with E-state index in [-0.39, 0.29) is 18.5 Å². The first-order chi connectivity index (χ1) is 12.6. The number of rotatable bonds is 7. The summed E-state index contributed by atoms with van der Waals surface area (Å²) in [6, 6.07) is 4.28. The van der Waals surface area contributed by atoms with Gasteiger partial charge in [-0.2, -0.15) is 0 Å². The van der Waals surface area contributed by atoms with Gasteiger partial charge in [0.1, 0.15) is 6.04 Å². The molecule has 150 valence electrons. The Kier molecular flexibility index (Phi) is 9.26. The summed E-state index contributed by atoms with van der Waals surface area (Å²) in [5.74, 6) is -2.08. The molecular formula is C19H26BrClN2O4. The lowest BCUT2D eigenvalue weighted by molar-refractivity contribution is -0.151. The number of halogens is 2. The van der Waals surface area contributed by atoms with Crippen molar-refractivity contribution in [2.75, 3.05) is 7.11 Å². The van der Waals surface area contributed by atoms with Gasteiger partial charge in [-0.3, -0.25) is 9.59 Å². The fourth-order valence-corrected chi connectivity index (χ4v) is 3.25. The van der Waals surface area contributed by atoms with E-state index in [2.05, 4.69) is 21.2 Å². The minimum absolute atomic E-state index is 0.135. The van der Waals surface area contributed by atoms with Crippen molar-refractivity contribution in [3.05, 3.63) is 33.3 Å². The quantitative estimate of drug-likeness (QED) is 0.499. The smallest absolute Gasteiger partial charge is 0.328 e. The normalized spacial score (nSPS) is 12.0. The molecule has 1 aromatic carbocycles. The van der Waals surface area contributed by atoms with E-state index in [1.54, 1.807) is 6.07 Å². The van der Waals surface area contributed by atoms with Gasteiger partial charge in [0.25, 0.3) is 0 Å². The van der Waals surface area contributed by atoms with Crippen molar-refractivity contribution in [1.82, 2.24) is 10.2 Å². The van der Waals surface area contributed by atoms with E-state index >= 15 is 0 Å². The molecule has 8 heteroatoms. The number of hydrogen-bond acceptors (Lipinski definition) is 4. The standard InChI is InChI=1S/C19H26BrClN2O4/c1-11(2)23(12(3)4)18(25)17(24)22-16(19(26)27-5)9-7-13-6-8-14(20)15(21)10-13/h6,8,10-12,16H,7,9H2,1-5H3,(H,22,24). The van der Waals surface area contributed by atoms with E-state index in [0.29, 0.717) is 11.4 Å². The summed E-state index contributed by atoms with van der Waals surface area (Å²) in [6.07, 6.45) is 0.770. The molecule has 0 aliphatic heterocycles. The highest BCUT2D eigenvalue weighted by Gasteiger charge is 2.30. The first-order valence-electron chi connectivity index (χ1n) is 8.73. The van der Waals surface area contributed by atoms with Crippen molar-refractivity contribution in [2.45, 2.75) is 58.7 Å². The van der Waals surface area contributed by atoms with Crippen molar-refractivity contribution >= 4 is 45.3 Å². The molecule has 1 N–H and O–H groups in total. The average Bonchev–Trinajstić information content (AvgIpc) is 2.59. The summed E-state index contributed by atoms with van der Waals surface area (Å²) in [5.41, 5.74) is 0.906. The van der Waals surface area contributed by atoms with Gasteiger partial charge in [0.2, 0.25) is 0 Å². The summed E-state index contributed by atoms with van der Waals surface area (Å²) >= 11 is 9.40. The van der Waals surface area contributed by atoms with Gasteiger partial charge in [-0.25, -0.2) is 4.79 Å². The largest absolute Gasteiger partial charge is 0.467 e. The number of nitrogens with one attached hydrogen (secondary N) is 1. The maximum absolute atomic E-state index is 12.5. The van der Waals surface area contributed by atoms with E-state index in [0.717, 1.165) is 10.0 Å². The van der Waals surface area contributed by atoms with Gasteiger partial charge >= 0.3 is 17.8 Å². The maximum atomic E-state index is 12.5. The van der Waals surface area contributed by atoms with E-state index < -0.39 is 23.8 Å². The highest BCUT2D eigenvalue weighted by Crippen LogP contribution is 2.24. The van der Waals surface area contributed by atoms with Gasteiger partial charge in [0.05, 0.1) is 12.1 Å². The summed E-state index contributed by atoms with van der Waals surface area (Å²) in [5, 5.41) is 3.07. The van der Waals surface area contributed by atoms with Crippen LogP contribution in [0.25, 0.3) is 0 Å². The lowest BCUT2D eigenvalue weighted by Crippen LogP contribution is -2.53. The minimum Gasteiger partial charge on any atom is -0.467 e. The van der Waals surface area contributed by atoms with Crippen LogP contribution in [0.1, 0.15) is 39.7 Å². The fourth-order valence-electron chi connectivity index (χ4n) is 2.80. The van der Waals surface area contributed by atoms with Gasteiger partial charge < -0.3 is 15.0 Å². The number of aryl methyl sites for hydroxylation is 1. The van der Waals surface area contributed by atoms with Gasteiger partial charge in [-0.05, 0) is 74.2 Å². The van der Waals surface area contributed by atoms with E-state index in [1.807, 2.05) is 39.8 Å². The van der Waals surface area contributed by atoms with Gasteiger partial charge in [0, 0.05) is 16.6 Å². The lowest BCUT2D eigenvalue weighted by atomic mass is 10.0. The molecule has 2 amide bonds. The number of amides is 2. The van der Waals surface area contributed by atoms with Crippen molar-refractivity contribution in [2.24, 2.45) is 0 Å². The number of hydrogen-bond donors (Lipinski definition) is 1. The third kappa shape index (κ3) is 6.81. The Bertz CT molecular complexity index is 686. The number of methoxy groups -OCH3 is 1. The number of nitrogens with zero attached hydrogens (tertiary/aromatic N) is 1. The second-order valence-electron chi connectivity index (χ2n) is 6.74. The maximum Gasteiger partial charge on any atom is 0.328 e. The predicted octanol–water partition coefficient (Wildman–Crippen LogP) is 3.34. The average molecular weight is 462 g/mol. The van der Waals surface area contributed by atoms with Crippen LogP contribution in [0.4, 0.5) is 0 Å². The summed E-state index contributed by atoms with van der Waals surface area (Å²) in [6.45, 7) is 7.33. The van der Waals surface area contributed by atoms with Crippen LogP contribution in [0, 0.1) is 0 Å².